The van der Waals surface area contributed by atoms with Crippen molar-refractivity contribution in [1.29, 1.82) is 0 Å². The molecule has 1 aliphatic rings. The Kier molecular flexibility index (Phi) is 3.14. The first-order valence-corrected chi connectivity index (χ1v) is 7.66. The van der Waals surface area contributed by atoms with Crippen LogP contribution in [0.2, 0.25) is 0 Å². The molecule has 4 nitrogen and oxygen atoms in total. The molecule has 0 spiro atoms. The second-order valence-corrected chi connectivity index (χ2v) is 6.89. The van der Waals surface area contributed by atoms with E-state index in [9.17, 15) is 8.42 Å². The minimum Gasteiger partial charge on any atom is -0.493 e. The van der Waals surface area contributed by atoms with Gasteiger partial charge in [0, 0.05) is 23.8 Å². The zero-order valence-electron chi connectivity index (χ0n) is 9.85. The van der Waals surface area contributed by atoms with Crippen molar-refractivity contribution in [3.63, 3.8) is 0 Å². The highest BCUT2D eigenvalue weighted by atomic mass is 32.2. The summed E-state index contributed by atoms with van der Waals surface area (Å²) in [5.41, 5.74) is 6.66. The Morgan fingerprint density at radius 1 is 1.41 bits per heavy atom. The van der Waals surface area contributed by atoms with E-state index < -0.39 is 15.4 Å². The fraction of sp³-hybridized carbons (Fsp3) is 0.500. The third-order valence-corrected chi connectivity index (χ3v) is 4.09. The lowest BCUT2D eigenvalue weighted by molar-refractivity contribution is 0.213. The van der Waals surface area contributed by atoms with Crippen LogP contribution in [-0.4, -0.2) is 27.0 Å². The number of sulfone groups is 1. The summed E-state index contributed by atoms with van der Waals surface area (Å²) < 4.78 is 28.0. The van der Waals surface area contributed by atoms with Gasteiger partial charge in [-0.05, 0) is 12.5 Å². The maximum absolute atomic E-state index is 11.2. The molecule has 0 saturated carbocycles. The van der Waals surface area contributed by atoms with E-state index in [1.165, 1.54) is 6.26 Å². The Hall–Kier alpha value is -1.07. The van der Waals surface area contributed by atoms with Crippen LogP contribution < -0.4 is 10.5 Å². The number of para-hydroxylation sites is 1. The van der Waals surface area contributed by atoms with Crippen molar-refractivity contribution < 1.29 is 13.2 Å². The molecule has 0 saturated heterocycles. The van der Waals surface area contributed by atoms with Gasteiger partial charge in [-0.1, -0.05) is 18.2 Å². The first-order chi connectivity index (χ1) is 7.91. The summed E-state index contributed by atoms with van der Waals surface area (Å²) in [6, 6.07) is 7.57. The monoisotopic (exact) mass is 255 g/mol. The number of rotatable bonds is 3. The van der Waals surface area contributed by atoms with E-state index in [1.54, 1.807) is 0 Å². The van der Waals surface area contributed by atoms with E-state index in [2.05, 4.69) is 0 Å². The van der Waals surface area contributed by atoms with E-state index in [-0.39, 0.29) is 5.75 Å². The van der Waals surface area contributed by atoms with Crippen LogP contribution in [0.1, 0.15) is 18.4 Å². The molecule has 0 fully saturated rings. The minimum atomic E-state index is -2.98. The molecule has 0 radical (unpaired) electrons. The summed E-state index contributed by atoms with van der Waals surface area (Å²) in [4.78, 5) is 0. The average Bonchev–Trinajstić information content (AvgIpc) is 2.27. The van der Waals surface area contributed by atoms with Gasteiger partial charge in [-0.3, -0.25) is 0 Å². The minimum absolute atomic E-state index is 0.109. The van der Waals surface area contributed by atoms with Gasteiger partial charge in [0.25, 0.3) is 0 Å². The Balaban J connectivity index is 2.27. The second kappa shape index (κ2) is 4.31. The van der Waals surface area contributed by atoms with Crippen LogP contribution in [0.5, 0.6) is 5.75 Å². The van der Waals surface area contributed by atoms with Crippen LogP contribution in [0.15, 0.2) is 24.3 Å². The lowest BCUT2D eigenvalue weighted by atomic mass is 9.83. The van der Waals surface area contributed by atoms with Gasteiger partial charge in [-0.2, -0.15) is 0 Å². The van der Waals surface area contributed by atoms with Gasteiger partial charge in [-0.15, -0.1) is 0 Å². The van der Waals surface area contributed by atoms with E-state index in [0.717, 1.165) is 11.3 Å². The van der Waals surface area contributed by atoms with Crippen molar-refractivity contribution >= 4 is 9.84 Å². The zero-order chi connectivity index (χ0) is 12.5. The highest BCUT2D eigenvalue weighted by Gasteiger charge is 2.34. The van der Waals surface area contributed by atoms with Crippen molar-refractivity contribution in [2.24, 2.45) is 5.73 Å². The lowest BCUT2D eigenvalue weighted by Gasteiger charge is -2.35. The molecule has 94 valence electrons. The Morgan fingerprint density at radius 2 is 2.12 bits per heavy atom. The summed E-state index contributed by atoms with van der Waals surface area (Å²) in [7, 11) is -2.98. The average molecular weight is 255 g/mol. The largest absolute Gasteiger partial charge is 0.493 e. The summed E-state index contributed by atoms with van der Waals surface area (Å²) in [5, 5.41) is 0. The highest BCUT2D eigenvalue weighted by molar-refractivity contribution is 7.90. The summed E-state index contributed by atoms with van der Waals surface area (Å²) in [6.07, 6.45) is 2.33. The number of nitrogens with two attached hydrogens (primary N) is 1. The second-order valence-electron chi connectivity index (χ2n) is 4.63. The molecule has 0 aliphatic carbocycles. The third-order valence-electron chi connectivity index (χ3n) is 3.15. The molecule has 17 heavy (non-hydrogen) atoms. The SMILES string of the molecule is CS(=O)(=O)CCC1(N)CCOc2ccccc21. The lowest BCUT2D eigenvalue weighted by Crippen LogP contribution is -2.42. The van der Waals surface area contributed by atoms with Crippen molar-refractivity contribution in [3.8, 4) is 5.75 Å². The molecule has 1 aliphatic heterocycles. The van der Waals surface area contributed by atoms with Crippen molar-refractivity contribution in [2.45, 2.75) is 18.4 Å². The molecule has 5 heteroatoms. The Bertz CT molecular complexity index is 512. The molecule has 1 aromatic rings. The molecular weight excluding hydrogens is 238 g/mol. The molecule has 1 unspecified atom stereocenters. The predicted molar refractivity (Wildman–Crippen MR) is 66.7 cm³/mol. The van der Waals surface area contributed by atoms with Crippen molar-refractivity contribution in [3.05, 3.63) is 29.8 Å². The number of hydrogen-bond acceptors (Lipinski definition) is 4. The summed E-state index contributed by atoms with van der Waals surface area (Å²) >= 11 is 0. The van der Waals surface area contributed by atoms with Gasteiger partial charge >= 0.3 is 0 Å². The number of fused-ring (bicyclic) bond motifs is 1. The fourth-order valence-electron chi connectivity index (χ4n) is 2.11. The van der Waals surface area contributed by atoms with Gasteiger partial charge in [0.15, 0.2) is 0 Å². The Morgan fingerprint density at radius 3 is 2.82 bits per heavy atom. The van der Waals surface area contributed by atoms with Gasteiger partial charge < -0.3 is 10.5 Å². The van der Waals surface area contributed by atoms with Crippen LogP contribution in [-0.2, 0) is 15.4 Å². The van der Waals surface area contributed by atoms with Crippen LogP contribution in [0.25, 0.3) is 0 Å². The topological polar surface area (TPSA) is 69.4 Å². The molecule has 1 heterocycles. The summed E-state index contributed by atoms with van der Waals surface area (Å²) in [5.74, 6) is 0.882. The maximum Gasteiger partial charge on any atom is 0.147 e. The predicted octanol–water partition coefficient (Wildman–Crippen LogP) is 1.06. The van der Waals surface area contributed by atoms with E-state index in [0.29, 0.717) is 19.4 Å². The van der Waals surface area contributed by atoms with Gasteiger partial charge in [-0.25, -0.2) is 8.42 Å². The molecular formula is C12H17NO3S. The molecule has 1 aromatic carbocycles. The third kappa shape index (κ3) is 2.79. The van der Waals surface area contributed by atoms with Crippen LogP contribution in [0.4, 0.5) is 0 Å². The first-order valence-electron chi connectivity index (χ1n) is 5.60. The molecule has 2 N–H and O–H groups in total. The van der Waals surface area contributed by atoms with E-state index >= 15 is 0 Å². The molecule has 0 aromatic heterocycles. The highest BCUT2D eigenvalue weighted by Crippen LogP contribution is 2.37. The number of ether oxygens (including phenoxy) is 1. The van der Waals surface area contributed by atoms with Gasteiger partial charge in [0.05, 0.1) is 12.4 Å². The molecule has 0 bridgehead atoms. The van der Waals surface area contributed by atoms with Crippen LogP contribution in [0, 0.1) is 0 Å². The molecule has 0 amide bonds. The Labute approximate surface area is 102 Å². The van der Waals surface area contributed by atoms with E-state index in [1.807, 2.05) is 24.3 Å². The molecule has 1 atom stereocenters. The normalized spacial score (nSPS) is 23.9. The maximum atomic E-state index is 11.2. The first kappa shape index (κ1) is 12.4. The smallest absolute Gasteiger partial charge is 0.147 e. The summed E-state index contributed by atoms with van der Waals surface area (Å²) in [6.45, 7) is 0.539. The molecule has 2 rings (SSSR count). The standard InChI is InChI=1S/C12H17NO3S/c1-17(14,15)9-7-12(13)6-8-16-11-5-3-2-4-10(11)12/h2-5H,6-9,13H2,1H3. The zero-order valence-corrected chi connectivity index (χ0v) is 10.7. The number of benzene rings is 1. The van der Waals surface area contributed by atoms with Crippen LogP contribution >= 0.6 is 0 Å². The van der Waals surface area contributed by atoms with E-state index in [4.69, 9.17) is 10.5 Å². The number of hydrogen-bond donors (Lipinski definition) is 1. The van der Waals surface area contributed by atoms with Gasteiger partial charge in [0.2, 0.25) is 0 Å². The quantitative estimate of drug-likeness (QED) is 0.876. The fourth-order valence-corrected chi connectivity index (χ4v) is 2.84. The van der Waals surface area contributed by atoms with Gasteiger partial charge in [0.1, 0.15) is 15.6 Å². The van der Waals surface area contributed by atoms with Crippen molar-refractivity contribution in [1.82, 2.24) is 0 Å². The van der Waals surface area contributed by atoms with Crippen molar-refractivity contribution in [2.75, 3.05) is 18.6 Å². The van der Waals surface area contributed by atoms with Crippen LogP contribution in [0.3, 0.4) is 0 Å².